The van der Waals surface area contributed by atoms with Crippen LogP contribution in [0.15, 0.2) is 54.6 Å². The summed E-state index contributed by atoms with van der Waals surface area (Å²) in [6.07, 6.45) is 0.387. The number of benzene rings is 2. The van der Waals surface area contributed by atoms with E-state index >= 15 is 0 Å². The first-order chi connectivity index (χ1) is 13.5. The van der Waals surface area contributed by atoms with Crippen LogP contribution in [0.3, 0.4) is 0 Å². The predicted octanol–water partition coefficient (Wildman–Crippen LogP) is 2.88. The summed E-state index contributed by atoms with van der Waals surface area (Å²) in [5.41, 5.74) is 0.119. The number of nitrogens with one attached hydrogen (secondary N) is 2. The van der Waals surface area contributed by atoms with Crippen LogP contribution in [-0.2, 0) is 15.1 Å². The topological polar surface area (TPSA) is 87.7 Å². The minimum Gasteiger partial charge on any atom is -0.494 e. The van der Waals surface area contributed by atoms with Crippen LogP contribution >= 0.6 is 0 Å². The lowest BCUT2D eigenvalue weighted by atomic mass is 9.87. The molecule has 0 radical (unpaired) electrons. The molecule has 2 aromatic rings. The van der Waals surface area contributed by atoms with Crippen molar-refractivity contribution in [1.29, 1.82) is 0 Å². The Bertz CT molecular complexity index is 867. The van der Waals surface area contributed by atoms with E-state index < -0.39 is 23.4 Å². The first kappa shape index (κ1) is 19.4. The van der Waals surface area contributed by atoms with Crippen molar-refractivity contribution < 1.29 is 19.1 Å². The maximum atomic E-state index is 13.0. The van der Waals surface area contributed by atoms with Crippen LogP contribution in [0.1, 0.15) is 25.8 Å². The number of nitrogens with zero attached hydrogens (tertiary/aromatic N) is 1. The Labute approximate surface area is 163 Å². The van der Waals surface area contributed by atoms with E-state index in [0.29, 0.717) is 30.0 Å². The molecular weight excluding hydrogens is 358 g/mol. The van der Waals surface area contributed by atoms with Gasteiger partial charge in [0.15, 0.2) is 0 Å². The highest BCUT2D eigenvalue weighted by Gasteiger charge is 2.51. The molecule has 28 heavy (non-hydrogen) atoms. The van der Waals surface area contributed by atoms with Crippen LogP contribution in [0.4, 0.5) is 10.5 Å². The Kier molecular flexibility index (Phi) is 5.63. The Morgan fingerprint density at radius 3 is 2.36 bits per heavy atom. The van der Waals surface area contributed by atoms with E-state index in [-0.39, 0.29) is 6.54 Å². The number of amides is 4. The molecule has 1 atom stereocenters. The van der Waals surface area contributed by atoms with Crippen LogP contribution in [0.25, 0.3) is 0 Å². The highest BCUT2D eigenvalue weighted by atomic mass is 16.5. The third-order valence-electron chi connectivity index (χ3n) is 4.72. The van der Waals surface area contributed by atoms with E-state index in [4.69, 9.17) is 4.74 Å². The van der Waals surface area contributed by atoms with Crippen LogP contribution in [0.5, 0.6) is 5.75 Å². The normalized spacial score (nSPS) is 18.7. The van der Waals surface area contributed by atoms with Crippen LogP contribution in [-0.4, -0.2) is 35.9 Å². The first-order valence-electron chi connectivity index (χ1n) is 9.22. The second-order valence-electron chi connectivity index (χ2n) is 6.45. The number of carbonyl (C=O) groups excluding carboxylic acids is 3. The fraction of sp³-hybridized carbons (Fsp3) is 0.286. The monoisotopic (exact) mass is 381 g/mol. The summed E-state index contributed by atoms with van der Waals surface area (Å²) in [5.74, 6) is -0.175. The van der Waals surface area contributed by atoms with Crippen molar-refractivity contribution in [2.75, 3.05) is 18.5 Å². The summed E-state index contributed by atoms with van der Waals surface area (Å²) in [7, 11) is 0. The average molecular weight is 381 g/mol. The molecule has 0 aliphatic carbocycles. The number of anilines is 1. The quantitative estimate of drug-likeness (QED) is 0.722. The molecule has 2 aromatic carbocycles. The molecule has 1 aliphatic heterocycles. The largest absolute Gasteiger partial charge is 0.494 e. The Balaban J connectivity index is 1.71. The molecule has 4 amide bonds. The van der Waals surface area contributed by atoms with Crippen molar-refractivity contribution in [2.24, 2.45) is 0 Å². The molecule has 0 aromatic heterocycles. The molecule has 0 bridgehead atoms. The number of hydrogen-bond acceptors (Lipinski definition) is 4. The third kappa shape index (κ3) is 3.69. The van der Waals surface area contributed by atoms with Crippen LogP contribution < -0.4 is 15.4 Å². The highest BCUT2D eigenvalue weighted by Crippen LogP contribution is 2.32. The van der Waals surface area contributed by atoms with Gasteiger partial charge >= 0.3 is 6.03 Å². The fourth-order valence-electron chi connectivity index (χ4n) is 3.28. The van der Waals surface area contributed by atoms with Crippen molar-refractivity contribution in [1.82, 2.24) is 10.2 Å². The zero-order valence-corrected chi connectivity index (χ0v) is 15.9. The highest BCUT2D eigenvalue weighted by molar-refractivity contribution is 6.10. The van der Waals surface area contributed by atoms with E-state index in [0.717, 1.165) is 4.90 Å². The zero-order chi connectivity index (χ0) is 20.1. The molecule has 3 rings (SSSR count). The molecule has 0 spiro atoms. The minimum atomic E-state index is -1.14. The van der Waals surface area contributed by atoms with Crippen LogP contribution in [0, 0.1) is 0 Å². The van der Waals surface area contributed by atoms with Gasteiger partial charge in [-0.3, -0.25) is 14.5 Å². The number of carbonyl (C=O) groups is 3. The van der Waals surface area contributed by atoms with Gasteiger partial charge in [-0.25, -0.2) is 4.79 Å². The van der Waals surface area contributed by atoms with Gasteiger partial charge in [0.05, 0.1) is 6.61 Å². The summed E-state index contributed by atoms with van der Waals surface area (Å²) in [6, 6.07) is 15.4. The number of urea groups is 1. The number of ether oxygens (including phenoxy) is 1. The van der Waals surface area contributed by atoms with Gasteiger partial charge in [0, 0.05) is 5.69 Å². The minimum absolute atomic E-state index is 0.355. The van der Waals surface area contributed by atoms with Gasteiger partial charge < -0.3 is 15.4 Å². The maximum absolute atomic E-state index is 13.0. The molecular formula is C21H23N3O4. The second kappa shape index (κ2) is 8.12. The van der Waals surface area contributed by atoms with E-state index in [1.54, 1.807) is 36.4 Å². The lowest BCUT2D eigenvalue weighted by Gasteiger charge is -2.25. The van der Waals surface area contributed by atoms with Gasteiger partial charge in [-0.1, -0.05) is 37.3 Å². The van der Waals surface area contributed by atoms with Gasteiger partial charge in [0.25, 0.3) is 5.91 Å². The van der Waals surface area contributed by atoms with Crippen molar-refractivity contribution >= 4 is 23.5 Å². The van der Waals surface area contributed by atoms with E-state index in [2.05, 4.69) is 10.6 Å². The van der Waals surface area contributed by atoms with Gasteiger partial charge in [-0.05, 0) is 43.2 Å². The molecule has 1 aliphatic rings. The lowest BCUT2D eigenvalue weighted by Crippen LogP contribution is -2.44. The molecule has 7 heteroatoms. The Morgan fingerprint density at radius 2 is 1.75 bits per heavy atom. The summed E-state index contributed by atoms with van der Waals surface area (Å²) < 4.78 is 5.36. The van der Waals surface area contributed by atoms with Crippen LogP contribution in [0.2, 0.25) is 0 Å². The summed E-state index contributed by atoms with van der Waals surface area (Å²) in [6.45, 7) is 3.92. The SMILES string of the molecule is CCOc1ccc(NC(=O)CN2C(=O)NC(CC)(c3ccccc3)C2=O)cc1. The summed E-state index contributed by atoms with van der Waals surface area (Å²) in [4.78, 5) is 38.8. The Morgan fingerprint density at radius 1 is 1.07 bits per heavy atom. The van der Waals surface area contributed by atoms with E-state index in [9.17, 15) is 14.4 Å². The van der Waals surface area contributed by atoms with Crippen molar-refractivity contribution in [3.05, 3.63) is 60.2 Å². The Hall–Kier alpha value is -3.35. The smallest absolute Gasteiger partial charge is 0.325 e. The zero-order valence-electron chi connectivity index (χ0n) is 15.9. The van der Waals surface area contributed by atoms with Gasteiger partial charge in [-0.15, -0.1) is 0 Å². The molecule has 7 nitrogen and oxygen atoms in total. The van der Waals surface area contributed by atoms with E-state index in [1.807, 2.05) is 32.0 Å². The average Bonchev–Trinajstić information content (AvgIpc) is 2.95. The van der Waals surface area contributed by atoms with Crippen molar-refractivity contribution in [3.63, 3.8) is 0 Å². The molecule has 1 saturated heterocycles. The maximum Gasteiger partial charge on any atom is 0.325 e. The molecule has 1 fully saturated rings. The van der Waals surface area contributed by atoms with Gasteiger partial charge in [0.1, 0.15) is 17.8 Å². The number of hydrogen-bond donors (Lipinski definition) is 2. The molecule has 2 N–H and O–H groups in total. The number of rotatable bonds is 7. The molecule has 0 saturated carbocycles. The number of imide groups is 1. The molecule has 1 heterocycles. The van der Waals surface area contributed by atoms with Crippen molar-refractivity contribution in [3.8, 4) is 5.75 Å². The summed E-state index contributed by atoms with van der Waals surface area (Å²) >= 11 is 0. The second-order valence-corrected chi connectivity index (χ2v) is 6.45. The van der Waals surface area contributed by atoms with Gasteiger partial charge in [-0.2, -0.15) is 0 Å². The lowest BCUT2D eigenvalue weighted by molar-refractivity contribution is -0.134. The summed E-state index contributed by atoms with van der Waals surface area (Å²) in [5, 5.41) is 5.46. The third-order valence-corrected chi connectivity index (χ3v) is 4.72. The standard InChI is InChI=1S/C21H23N3O4/c1-3-21(15-8-6-5-7-9-15)19(26)24(20(27)23-21)14-18(25)22-16-10-12-17(13-11-16)28-4-2/h5-13H,3-4,14H2,1-2H3,(H,22,25)(H,23,27). The predicted molar refractivity (Wildman–Crippen MR) is 105 cm³/mol. The van der Waals surface area contributed by atoms with E-state index in [1.165, 1.54) is 0 Å². The molecule has 146 valence electrons. The first-order valence-corrected chi connectivity index (χ1v) is 9.22. The fourth-order valence-corrected chi connectivity index (χ4v) is 3.28. The van der Waals surface area contributed by atoms with Gasteiger partial charge in [0.2, 0.25) is 5.91 Å². The molecule has 1 unspecified atom stereocenters. The van der Waals surface area contributed by atoms with Crippen molar-refractivity contribution in [2.45, 2.75) is 25.8 Å².